The van der Waals surface area contributed by atoms with E-state index >= 15 is 0 Å². The first-order valence-corrected chi connectivity index (χ1v) is 5.74. The highest BCUT2D eigenvalue weighted by Gasteiger charge is 2.44. The second-order valence-corrected chi connectivity index (χ2v) is 5.00. The van der Waals surface area contributed by atoms with E-state index in [0.717, 1.165) is 0 Å². The first-order chi connectivity index (χ1) is 6.75. The number of hydrogen-bond donors (Lipinski definition) is 3. The normalized spacial score (nSPS) is 25.7. The maximum absolute atomic E-state index is 11.3. The molecule has 7 nitrogen and oxygen atoms in total. The van der Waals surface area contributed by atoms with Gasteiger partial charge in [0.25, 0.3) is 10.1 Å². The van der Waals surface area contributed by atoms with Gasteiger partial charge in [-0.1, -0.05) is 0 Å². The molecule has 1 aliphatic rings. The quantitative estimate of drug-likeness (QED) is 0.529. The van der Waals surface area contributed by atoms with E-state index < -0.39 is 33.3 Å². The van der Waals surface area contributed by atoms with Gasteiger partial charge in [-0.05, 0) is 13.8 Å². The number of nitrogens with zero attached hydrogens (tertiary/aromatic N) is 1. The SMILES string of the molecule is CC1=NNC(=O)C1C(C(C)O)S(=O)(=O)O. The van der Waals surface area contributed by atoms with Gasteiger partial charge in [0.15, 0.2) is 0 Å². The summed E-state index contributed by atoms with van der Waals surface area (Å²) in [5.74, 6) is -1.78. The third kappa shape index (κ3) is 2.33. The van der Waals surface area contributed by atoms with Crippen LogP contribution in [0.1, 0.15) is 13.8 Å². The van der Waals surface area contributed by atoms with Crippen LogP contribution in [0.15, 0.2) is 5.10 Å². The average Bonchev–Trinajstić information content (AvgIpc) is 2.32. The average molecular weight is 236 g/mol. The van der Waals surface area contributed by atoms with E-state index in [1.807, 2.05) is 0 Å². The van der Waals surface area contributed by atoms with Crippen LogP contribution < -0.4 is 5.43 Å². The molecule has 1 amide bonds. The molecule has 3 unspecified atom stereocenters. The molecule has 1 aliphatic heterocycles. The summed E-state index contributed by atoms with van der Waals surface area (Å²) in [7, 11) is -4.51. The van der Waals surface area contributed by atoms with Crippen molar-refractivity contribution in [1.82, 2.24) is 5.43 Å². The molecular formula is C7H12N2O5S. The van der Waals surface area contributed by atoms with Crippen LogP contribution in [0.3, 0.4) is 0 Å². The summed E-state index contributed by atoms with van der Waals surface area (Å²) >= 11 is 0. The molecule has 0 saturated heterocycles. The number of aliphatic hydroxyl groups excluding tert-OH is 1. The van der Waals surface area contributed by atoms with Crippen molar-refractivity contribution in [1.29, 1.82) is 0 Å². The van der Waals surface area contributed by atoms with E-state index in [9.17, 15) is 18.3 Å². The van der Waals surface area contributed by atoms with Gasteiger partial charge in [-0.3, -0.25) is 9.35 Å². The van der Waals surface area contributed by atoms with Crippen molar-refractivity contribution in [2.24, 2.45) is 11.0 Å². The molecule has 0 spiro atoms. The van der Waals surface area contributed by atoms with Crippen molar-refractivity contribution >= 4 is 21.7 Å². The lowest BCUT2D eigenvalue weighted by Gasteiger charge is -2.21. The van der Waals surface area contributed by atoms with Crippen molar-refractivity contribution in [3.63, 3.8) is 0 Å². The molecular weight excluding hydrogens is 224 g/mol. The topological polar surface area (TPSA) is 116 Å². The Labute approximate surface area is 86.9 Å². The van der Waals surface area contributed by atoms with E-state index in [-0.39, 0.29) is 5.71 Å². The highest BCUT2D eigenvalue weighted by molar-refractivity contribution is 7.86. The molecule has 8 heteroatoms. The summed E-state index contributed by atoms with van der Waals surface area (Å²) in [6.45, 7) is 2.64. The van der Waals surface area contributed by atoms with Gasteiger partial charge in [0.2, 0.25) is 5.91 Å². The van der Waals surface area contributed by atoms with Crippen LogP contribution >= 0.6 is 0 Å². The second-order valence-electron chi connectivity index (χ2n) is 3.43. The number of hydrazone groups is 1. The zero-order valence-electron chi connectivity index (χ0n) is 8.21. The smallest absolute Gasteiger partial charge is 0.271 e. The predicted molar refractivity (Wildman–Crippen MR) is 51.8 cm³/mol. The molecule has 0 aliphatic carbocycles. The van der Waals surface area contributed by atoms with Crippen LogP contribution in [0.25, 0.3) is 0 Å². The zero-order chi connectivity index (χ0) is 11.8. The van der Waals surface area contributed by atoms with Gasteiger partial charge in [-0.2, -0.15) is 13.5 Å². The molecule has 3 atom stereocenters. The van der Waals surface area contributed by atoms with Gasteiger partial charge in [-0.15, -0.1) is 0 Å². The first-order valence-electron chi connectivity index (χ1n) is 4.23. The minimum absolute atomic E-state index is 0.225. The molecule has 0 saturated carbocycles. The minimum atomic E-state index is -4.51. The highest BCUT2D eigenvalue weighted by atomic mass is 32.2. The molecule has 3 N–H and O–H groups in total. The molecule has 0 aromatic carbocycles. The van der Waals surface area contributed by atoms with Crippen molar-refractivity contribution < 1.29 is 22.9 Å². The second kappa shape index (κ2) is 3.87. The monoisotopic (exact) mass is 236 g/mol. The molecule has 0 aromatic heterocycles. The highest BCUT2D eigenvalue weighted by Crippen LogP contribution is 2.21. The summed E-state index contributed by atoms with van der Waals surface area (Å²) in [5, 5.41) is 11.2. The fourth-order valence-electron chi connectivity index (χ4n) is 1.56. The molecule has 0 radical (unpaired) electrons. The third-order valence-electron chi connectivity index (χ3n) is 2.22. The maximum Gasteiger partial charge on any atom is 0.271 e. The molecule has 86 valence electrons. The van der Waals surface area contributed by atoms with Crippen LogP contribution in [0.4, 0.5) is 0 Å². The molecule has 1 heterocycles. The Morgan fingerprint density at radius 3 is 2.33 bits per heavy atom. The Kier molecular flexibility index (Phi) is 3.12. The summed E-state index contributed by atoms with van der Waals surface area (Å²) < 4.78 is 30.9. The van der Waals surface area contributed by atoms with Crippen molar-refractivity contribution in [2.75, 3.05) is 0 Å². The molecule has 15 heavy (non-hydrogen) atoms. The number of carbonyl (C=O) groups is 1. The molecule has 0 fully saturated rings. The van der Waals surface area contributed by atoms with Crippen LogP contribution in [0, 0.1) is 5.92 Å². The van der Waals surface area contributed by atoms with Gasteiger partial charge in [0.1, 0.15) is 11.2 Å². The fourth-order valence-corrected chi connectivity index (χ4v) is 2.72. The van der Waals surface area contributed by atoms with Gasteiger partial charge in [-0.25, -0.2) is 5.43 Å². The van der Waals surface area contributed by atoms with Gasteiger partial charge < -0.3 is 5.11 Å². The summed E-state index contributed by atoms with van der Waals surface area (Å²) in [4.78, 5) is 11.3. The summed E-state index contributed by atoms with van der Waals surface area (Å²) in [6, 6.07) is 0. The first kappa shape index (κ1) is 12.1. The minimum Gasteiger partial charge on any atom is -0.392 e. The zero-order valence-corrected chi connectivity index (χ0v) is 9.02. The van der Waals surface area contributed by atoms with Crippen LogP contribution in [0.5, 0.6) is 0 Å². The number of aliphatic hydroxyl groups is 1. The Hall–Kier alpha value is -0.990. The summed E-state index contributed by atoms with van der Waals surface area (Å²) in [6.07, 6.45) is -1.36. The molecule has 1 rings (SSSR count). The lowest BCUT2D eigenvalue weighted by atomic mass is 9.97. The van der Waals surface area contributed by atoms with E-state index in [0.29, 0.717) is 0 Å². The van der Waals surface area contributed by atoms with E-state index in [2.05, 4.69) is 10.5 Å². The van der Waals surface area contributed by atoms with Gasteiger partial charge in [0.05, 0.1) is 6.10 Å². The van der Waals surface area contributed by atoms with Crippen LogP contribution in [-0.4, -0.2) is 41.0 Å². The molecule has 0 aromatic rings. The van der Waals surface area contributed by atoms with Crippen molar-refractivity contribution in [3.05, 3.63) is 0 Å². The number of carbonyl (C=O) groups excluding carboxylic acids is 1. The maximum atomic E-state index is 11.3. The Balaban J connectivity index is 3.12. The number of hydrogen-bond acceptors (Lipinski definition) is 5. The lowest BCUT2D eigenvalue weighted by Crippen LogP contribution is -2.45. The third-order valence-corrected chi connectivity index (χ3v) is 3.58. The Bertz CT molecular complexity index is 400. The van der Waals surface area contributed by atoms with E-state index in [1.165, 1.54) is 13.8 Å². The van der Waals surface area contributed by atoms with Crippen molar-refractivity contribution in [2.45, 2.75) is 25.2 Å². The lowest BCUT2D eigenvalue weighted by molar-refractivity contribution is -0.122. The fraction of sp³-hybridized carbons (Fsp3) is 0.714. The van der Waals surface area contributed by atoms with Gasteiger partial charge in [0, 0.05) is 5.71 Å². The largest absolute Gasteiger partial charge is 0.392 e. The van der Waals surface area contributed by atoms with Crippen molar-refractivity contribution in [3.8, 4) is 0 Å². The number of nitrogens with one attached hydrogen (secondary N) is 1. The standard InChI is InChI=1S/C7H12N2O5S/c1-3-5(7(11)9-8-3)6(4(2)10)15(12,13)14/h4-6,10H,1-2H3,(H,9,11)(H,12,13,14). The van der Waals surface area contributed by atoms with Crippen LogP contribution in [-0.2, 0) is 14.9 Å². The van der Waals surface area contributed by atoms with Crippen LogP contribution in [0.2, 0.25) is 0 Å². The number of amides is 1. The Morgan fingerprint density at radius 2 is 2.07 bits per heavy atom. The molecule has 0 bridgehead atoms. The predicted octanol–water partition coefficient (Wildman–Crippen LogP) is -1.25. The van der Waals surface area contributed by atoms with E-state index in [4.69, 9.17) is 4.55 Å². The summed E-state index contributed by atoms with van der Waals surface area (Å²) in [5.41, 5.74) is 2.31. The Morgan fingerprint density at radius 1 is 1.53 bits per heavy atom. The van der Waals surface area contributed by atoms with E-state index in [1.54, 1.807) is 0 Å². The van der Waals surface area contributed by atoms with Gasteiger partial charge >= 0.3 is 0 Å². The number of rotatable bonds is 3.